The average molecular weight is 366 g/mol. The first kappa shape index (κ1) is 17.5. The topological polar surface area (TPSA) is 39.6 Å². The van der Waals surface area contributed by atoms with Crippen LogP contribution in [0.4, 0.5) is 5.82 Å². The highest BCUT2D eigenvalue weighted by atomic mass is 35.5. The fraction of sp³-hybridized carbons (Fsp3) is 0.389. The SMILES string of the molecule is OC(Cc1ccccc1)CN1CCN(c2ncc(Cl)cc2Cl)CC1. The van der Waals surface area contributed by atoms with Gasteiger partial charge in [0, 0.05) is 38.9 Å². The number of nitrogens with zero attached hydrogens (tertiary/aromatic N) is 3. The van der Waals surface area contributed by atoms with Crippen LogP contribution >= 0.6 is 23.2 Å². The smallest absolute Gasteiger partial charge is 0.147 e. The Bertz CT molecular complexity index is 661. The van der Waals surface area contributed by atoms with Gasteiger partial charge in [0.05, 0.1) is 16.1 Å². The molecule has 3 rings (SSSR count). The minimum Gasteiger partial charge on any atom is -0.391 e. The van der Waals surface area contributed by atoms with Crippen molar-refractivity contribution in [3.05, 3.63) is 58.2 Å². The Morgan fingerprint density at radius 1 is 1.08 bits per heavy atom. The number of aliphatic hydroxyl groups is 1. The molecular weight excluding hydrogens is 345 g/mol. The van der Waals surface area contributed by atoms with Crippen molar-refractivity contribution >= 4 is 29.0 Å². The lowest BCUT2D eigenvalue weighted by atomic mass is 10.1. The first-order valence-electron chi connectivity index (χ1n) is 8.12. The van der Waals surface area contributed by atoms with Crippen molar-refractivity contribution in [3.8, 4) is 0 Å². The maximum absolute atomic E-state index is 10.3. The molecule has 0 saturated carbocycles. The summed E-state index contributed by atoms with van der Waals surface area (Å²) in [6, 6.07) is 11.8. The summed E-state index contributed by atoms with van der Waals surface area (Å²) in [5, 5.41) is 11.4. The summed E-state index contributed by atoms with van der Waals surface area (Å²) in [5.74, 6) is 0.783. The van der Waals surface area contributed by atoms with E-state index in [4.69, 9.17) is 23.2 Å². The van der Waals surface area contributed by atoms with Crippen LogP contribution in [0.3, 0.4) is 0 Å². The lowest BCUT2D eigenvalue weighted by molar-refractivity contribution is 0.109. The van der Waals surface area contributed by atoms with Gasteiger partial charge in [-0.1, -0.05) is 53.5 Å². The number of piperazine rings is 1. The van der Waals surface area contributed by atoms with Gasteiger partial charge < -0.3 is 10.0 Å². The summed E-state index contributed by atoms with van der Waals surface area (Å²) in [4.78, 5) is 8.79. The zero-order chi connectivity index (χ0) is 16.9. The van der Waals surface area contributed by atoms with Crippen LogP contribution in [0.25, 0.3) is 0 Å². The van der Waals surface area contributed by atoms with E-state index >= 15 is 0 Å². The van der Waals surface area contributed by atoms with E-state index in [2.05, 4.69) is 26.9 Å². The van der Waals surface area contributed by atoms with Crippen molar-refractivity contribution in [3.63, 3.8) is 0 Å². The van der Waals surface area contributed by atoms with Gasteiger partial charge in [0.25, 0.3) is 0 Å². The summed E-state index contributed by atoms with van der Waals surface area (Å²) in [6.45, 7) is 4.13. The number of anilines is 1. The van der Waals surface area contributed by atoms with E-state index in [1.54, 1.807) is 12.3 Å². The fourth-order valence-electron chi connectivity index (χ4n) is 3.03. The summed E-state index contributed by atoms with van der Waals surface area (Å²) >= 11 is 12.1. The van der Waals surface area contributed by atoms with Gasteiger partial charge in [0.1, 0.15) is 5.82 Å². The molecule has 0 amide bonds. The molecule has 1 fully saturated rings. The van der Waals surface area contributed by atoms with Crippen molar-refractivity contribution in [1.29, 1.82) is 0 Å². The number of halogens is 2. The van der Waals surface area contributed by atoms with Crippen molar-refractivity contribution in [2.24, 2.45) is 0 Å². The van der Waals surface area contributed by atoms with E-state index in [1.165, 1.54) is 5.56 Å². The second-order valence-electron chi connectivity index (χ2n) is 6.09. The Kier molecular flexibility index (Phi) is 5.95. The lowest BCUT2D eigenvalue weighted by Gasteiger charge is -2.36. The highest BCUT2D eigenvalue weighted by molar-refractivity contribution is 6.36. The monoisotopic (exact) mass is 365 g/mol. The summed E-state index contributed by atoms with van der Waals surface area (Å²) in [5.41, 5.74) is 1.17. The van der Waals surface area contributed by atoms with Crippen LogP contribution in [0.5, 0.6) is 0 Å². The van der Waals surface area contributed by atoms with Gasteiger partial charge in [-0.15, -0.1) is 0 Å². The molecule has 0 radical (unpaired) electrons. The number of rotatable bonds is 5. The van der Waals surface area contributed by atoms with Gasteiger partial charge >= 0.3 is 0 Å². The number of hydrogen-bond acceptors (Lipinski definition) is 4. The van der Waals surface area contributed by atoms with E-state index in [-0.39, 0.29) is 6.10 Å². The third kappa shape index (κ3) is 4.61. The lowest BCUT2D eigenvalue weighted by Crippen LogP contribution is -2.49. The molecule has 128 valence electrons. The molecule has 1 aromatic heterocycles. The third-order valence-electron chi connectivity index (χ3n) is 4.24. The van der Waals surface area contributed by atoms with E-state index in [9.17, 15) is 5.11 Å². The fourth-order valence-corrected chi connectivity index (χ4v) is 3.53. The molecule has 0 bridgehead atoms. The van der Waals surface area contributed by atoms with E-state index in [1.807, 2.05) is 18.2 Å². The second kappa shape index (κ2) is 8.17. The van der Waals surface area contributed by atoms with Gasteiger partial charge in [0.2, 0.25) is 0 Å². The van der Waals surface area contributed by atoms with E-state index < -0.39 is 0 Å². The molecule has 2 aromatic rings. The predicted octanol–water partition coefficient (Wildman–Crippen LogP) is 3.11. The van der Waals surface area contributed by atoms with Gasteiger partial charge in [-0.3, -0.25) is 4.90 Å². The van der Waals surface area contributed by atoms with Crippen LogP contribution in [-0.4, -0.2) is 53.8 Å². The third-order valence-corrected chi connectivity index (χ3v) is 4.73. The first-order valence-corrected chi connectivity index (χ1v) is 8.88. The van der Waals surface area contributed by atoms with Crippen LogP contribution in [0.15, 0.2) is 42.6 Å². The zero-order valence-electron chi connectivity index (χ0n) is 13.4. The Morgan fingerprint density at radius 3 is 2.46 bits per heavy atom. The number of benzene rings is 1. The van der Waals surface area contributed by atoms with Crippen LogP contribution < -0.4 is 4.90 Å². The summed E-state index contributed by atoms with van der Waals surface area (Å²) in [6.07, 6.45) is 1.96. The molecule has 1 aromatic carbocycles. The molecule has 1 N–H and O–H groups in total. The molecular formula is C18H21Cl2N3O. The maximum atomic E-state index is 10.3. The van der Waals surface area contributed by atoms with Crippen LogP contribution in [0.1, 0.15) is 5.56 Å². The zero-order valence-corrected chi connectivity index (χ0v) is 14.9. The molecule has 1 aliphatic heterocycles. The molecule has 0 spiro atoms. The van der Waals surface area contributed by atoms with Crippen LogP contribution in [-0.2, 0) is 6.42 Å². The molecule has 1 saturated heterocycles. The summed E-state index contributed by atoms with van der Waals surface area (Å²) < 4.78 is 0. The molecule has 1 unspecified atom stereocenters. The second-order valence-corrected chi connectivity index (χ2v) is 6.93. The molecule has 24 heavy (non-hydrogen) atoms. The Balaban J connectivity index is 1.50. The quantitative estimate of drug-likeness (QED) is 0.883. The van der Waals surface area contributed by atoms with Crippen molar-refractivity contribution in [2.75, 3.05) is 37.6 Å². The Morgan fingerprint density at radius 2 is 1.79 bits per heavy atom. The normalized spacial score (nSPS) is 17.0. The van der Waals surface area contributed by atoms with E-state index in [0.29, 0.717) is 23.0 Å². The minimum atomic E-state index is -0.351. The average Bonchev–Trinajstić information content (AvgIpc) is 2.57. The largest absolute Gasteiger partial charge is 0.391 e. The Labute approximate surface area is 152 Å². The van der Waals surface area contributed by atoms with Gasteiger partial charge in [-0.2, -0.15) is 0 Å². The minimum absolute atomic E-state index is 0.351. The highest BCUT2D eigenvalue weighted by Gasteiger charge is 2.21. The van der Waals surface area contributed by atoms with Crippen molar-refractivity contribution in [1.82, 2.24) is 9.88 Å². The van der Waals surface area contributed by atoms with Crippen molar-refractivity contribution in [2.45, 2.75) is 12.5 Å². The van der Waals surface area contributed by atoms with Crippen LogP contribution in [0.2, 0.25) is 10.0 Å². The van der Waals surface area contributed by atoms with Crippen molar-refractivity contribution < 1.29 is 5.11 Å². The number of aromatic nitrogens is 1. The molecule has 4 nitrogen and oxygen atoms in total. The predicted molar refractivity (Wildman–Crippen MR) is 99.1 cm³/mol. The summed E-state index contributed by atoms with van der Waals surface area (Å²) in [7, 11) is 0. The molecule has 0 aliphatic carbocycles. The molecule has 6 heteroatoms. The van der Waals surface area contributed by atoms with Gasteiger partial charge in [-0.05, 0) is 18.1 Å². The van der Waals surface area contributed by atoms with E-state index in [0.717, 1.165) is 32.0 Å². The van der Waals surface area contributed by atoms with Gasteiger partial charge in [-0.25, -0.2) is 4.98 Å². The number of pyridine rings is 1. The molecule has 1 aliphatic rings. The number of hydrogen-bond donors (Lipinski definition) is 1. The number of β-amino-alcohol motifs (C(OH)–C–C–N with tert-alkyl or cyclic N) is 1. The van der Waals surface area contributed by atoms with Gasteiger partial charge in [0.15, 0.2) is 0 Å². The standard InChI is InChI=1S/C18H21Cl2N3O/c19-15-11-17(20)18(21-12-15)23-8-6-22(7-9-23)13-16(24)10-14-4-2-1-3-5-14/h1-5,11-12,16,24H,6-10,13H2. The van der Waals surface area contributed by atoms with Crippen LogP contribution in [0, 0.1) is 0 Å². The number of aliphatic hydroxyl groups excluding tert-OH is 1. The molecule has 2 heterocycles. The highest BCUT2D eigenvalue weighted by Crippen LogP contribution is 2.26. The first-order chi connectivity index (χ1) is 11.6. The maximum Gasteiger partial charge on any atom is 0.147 e. The Hall–Kier alpha value is -1.33. The molecule has 1 atom stereocenters.